The number of benzene rings is 1. The number of carboxylic acid groups (broad SMARTS) is 1. The summed E-state index contributed by atoms with van der Waals surface area (Å²) < 4.78 is 0. The molecule has 1 fully saturated rings. The molecule has 0 spiro atoms. The van der Waals surface area contributed by atoms with Crippen LogP contribution in [-0.4, -0.2) is 32.6 Å². The molecule has 0 amide bonds. The molecule has 0 radical (unpaired) electrons. The maximum absolute atomic E-state index is 10.6. The van der Waals surface area contributed by atoms with Gasteiger partial charge in [0.05, 0.1) is 0 Å². The number of rotatable bonds is 8. The molecule has 1 aliphatic heterocycles. The van der Waals surface area contributed by atoms with Crippen molar-refractivity contribution in [1.29, 1.82) is 0 Å². The van der Waals surface area contributed by atoms with Crippen molar-refractivity contribution >= 4 is 5.97 Å². The van der Waals surface area contributed by atoms with Gasteiger partial charge in [0, 0.05) is 31.4 Å². The van der Waals surface area contributed by atoms with Crippen LogP contribution in [0.25, 0.3) is 0 Å². The Balaban J connectivity index is 1.73. The molecule has 1 aromatic heterocycles. The molecule has 3 rings (SSSR count). The van der Waals surface area contributed by atoms with Crippen molar-refractivity contribution in [3.63, 3.8) is 0 Å². The quantitative estimate of drug-likeness (QED) is 0.686. The average molecular weight is 366 g/mol. The van der Waals surface area contributed by atoms with Crippen LogP contribution in [-0.2, 0) is 11.3 Å². The van der Waals surface area contributed by atoms with Gasteiger partial charge in [0.15, 0.2) is 0 Å². The van der Waals surface area contributed by atoms with Gasteiger partial charge in [-0.3, -0.25) is 14.7 Å². The van der Waals surface area contributed by atoms with Gasteiger partial charge in [-0.1, -0.05) is 30.4 Å². The Morgan fingerprint density at radius 3 is 2.89 bits per heavy atom. The molecular formula is C22H26N2O3. The number of carbonyl (C=O) groups is 1. The summed E-state index contributed by atoms with van der Waals surface area (Å²) in [7, 11) is 0. The van der Waals surface area contributed by atoms with Crippen LogP contribution in [0.4, 0.5) is 0 Å². The molecule has 142 valence electrons. The lowest BCUT2D eigenvalue weighted by Crippen LogP contribution is -2.25. The highest BCUT2D eigenvalue weighted by molar-refractivity contribution is 5.66. The molecule has 1 aromatic carbocycles. The van der Waals surface area contributed by atoms with E-state index in [9.17, 15) is 9.90 Å². The van der Waals surface area contributed by atoms with Crippen molar-refractivity contribution in [1.82, 2.24) is 9.88 Å². The number of aromatic hydroxyl groups is 1. The molecular weight excluding hydrogens is 340 g/mol. The summed E-state index contributed by atoms with van der Waals surface area (Å²) in [6, 6.07) is 11.8. The number of aliphatic carboxylic acids is 1. The normalized spacial score (nSPS) is 20.3. The fraction of sp³-hybridized carbons (Fsp3) is 0.364. The average Bonchev–Trinajstić information content (AvgIpc) is 3.04. The van der Waals surface area contributed by atoms with E-state index in [0.29, 0.717) is 12.3 Å². The summed E-state index contributed by atoms with van der Waals surface area (Å²) in [6.07, 6.45) is 10.5. The SMILES string of the molecule is O=C(O)CCC=CCC1CCN(Cc2cccnc2)C1c1cccc(O)c1. The zero-order valence-corrected chi connectivity index (χ0v) is 15.4. The van der Waals surface area contributed by atoms with Crippen molar-refractivity contribution in [2.45, 2.75) is 38.3 Å². The first-order chi connectivity index (χ1) is 13.1. The lowest BCUT2D eigenvalue weighted by Gasteiger charge is -2.28. The number of likely N-dealkylation sites (tertiary alicyclic amines) is 1. The third kappa shape index (κ3) is 5.41. The Bertz CT molecular complexity index is 776. The Morgan fingerprint density at radius 1 is 1.26 bits per heavy atom. The van der Waals surface area contributed by atoms with E-state index in [1.165, 1.54) is 5.56 Å². The second kappa shape index (κ2) is 9.33. The van der Waals surface area contributed by atoms with Gasteiger partial charge in [-0.15, -0.1) is 0 Å². The van der Waals surface area contributed by atoms with Crippen LogP contribution in [0.3, 0.4) is 0 Å². The number of nitrogens with zero attached hydrogens (tertiary/aromatic N) is 2. The largest absolute Gasteiger partial charge is 0.508 e. The number of phenolic OH excluding ortho intramolecular Hbond substituents is 1. The number of allylic oxidation sites excluding steroid dienone is 2. The summed E-state index contributed by atoms with van der Waals surface area (Å²) >= 11 is 0. The van der Waals surface area contributed by atoms with Crippen LogP contribution in [0.5, 0.6) is 5.75 Å². The smallest absolute Gasteiger partial charge is 0.303 e. The molecule has 2 heterocycles. The van der Waals surface area contributed by atoms with Gasteiger partial charge in [0.2, 0.25) is 0 Å². The fourth-order valence-corrected chi connectivity index (χ4v) is 3.86. The maximum atomic E-state index is 10.6. The monoisotopic (exact) mass is 366 g/mol. The number of pyridine rings is 1. The van der Waals surface area contributed by atoms with Crippen LogP contribution in [0.15, 0.2) is 60.9 Å². The standard InChI is InChI=1S/C22H26N2O3/c25-20-9-4-8-19(14-20)22-18(7-2-1-3-10-21(26)27)11-13-24(22)16-17-6-5-12-23-15-17/h1-2,4-6,8-9,12,14-15,18,22,25H,3,7,10-11,13,16H2,(H,26,27). The molecule has 1 aliphatic rings. The van der Waals surface area contributed by atoms with E-state index in [1.807, 2.05) is 30.5 Å². The van der Waals surface area contributed by atoms with E-state index in [4.69, 9.17) is 5.11 Å². The maximum Gasteiger partial charge on any atom is 0.303 e. The van der Waals surface area contributed by atoms with E-state index in [2.05, 4.69) is 28.1 Å². The summed E-state index contributed by atoms with van der Waals surface area (Å²) in [4.78, 5) is 17.3. The minimum absolute atomic E-state index is 0.171. The second-order valence-electron chi connectivity index (χ2n) is 7.06. The van der Waals surface area contributed by atoms with Gasteiger partial charge in [0.25, 0.3) is 0 Å². The van der Waals surface area contributed by atoms with Crippen LogP contribution >= 0.6 is 0 Å². The number of hydrogen-bond acceptors (Lipinski definition) is 4. The van der Waals surface area contributed by atoms with Crippen molar-refractivity contribution in [2.75, 3.05) is 6.54 Å². The van der Waals surface area contributed by atoms with Gasteiger partial charge in [-0.05, 0) is 61.1 Å². The molecule has 0 aliphatic carbocycles. The summed E-state index contributed by atoms with van der Waals surface area (Å²) in [5.41, 5.74) is 2.31. The van der Waals surface area contributed by atoms with Gasteiger partial charge in [0.1, 0.15) is 5.75 Å². The topological polar surface area (TPSA) is 73.7 Å². The van der Waals surface area contributed by atoms with Gasteiger partial charge >= 0.3 is 5.97 Å². The molecule has 1 saturated heterocycles. The highest BCUT2D eigenvalue weighted by atomic mass is 16.4. The van der Waals surface area contributed by atoms with Crippen molar-refractivity contribution < 1.29 is 15.0 Å². The van der Waals surface area contributed by atoms with Crippen LogP contribution in [0, 0.1) is 5.92 Å². The van der Waals surface area contributed by atoms with E-state index in [-0.39, 0.29) is 18.2 Å². The molecule has 2 atom stereocenters. The number of hydrogen-bond donors (Lipinski definition) is 2. The summed E-state index contributed by atoms with van der Waals surface area (Å²) in [5.74, 6) is -0.0400. The van der Waals surface area contributed by atoms with E-state index in [0.717, 1.165) is 31.5 Å². The summed E-state index contributed by atoms with van der Waals surface area (Å²) in [6.45, 7) is 1.82. The Hall–Kier alpha value is -2.66. The first kappa shape index (κ1) is 19.1. The van der Waals surface area contributed by atoms with Gasteiger partial charge in [-0.25, -0.2) is 0 Å². The number of carboxylic acids is 1. The first-order valence-electron chi connectivity index (χ1n) is 9.42. The van der Waals surface area contributed by atoms with Crippen LogP contribution in [0.2, 0.25) is 0 Å². The molecule has 0 bridgehead atoms. The van der Waals surface area contributed by atoms with Crippen molar-refractivity contribution in [3.05, 3.63) is 72.1 Å². The third-order valence-electron chi connectivity index (χ3n) is 5.08. The predicted octanol–water partition coefficient (Wildman–Crippen LogP) is 4.16. The first-order valence-corrected chi connectivity index (χ1v) is 9.42. The fourth-order valence-electron chi connectivity index (χ4n) is 3.86. The van der Waals surface area contributed by atoms with Crippen molar-refractivity contribution in [2.24, 2.45) is 5.92 Å². The Kier molecular flexibility index (Phi) is 6.60. The molecule has 0 saturated carbocycles. The predicted molar refractivity (Wildman–Crippen MR) is 104 cm³/mol. The molecule has 5 heteroatoms. The third-order valence-corrected chi connectivity index (χ3v) is 5.08. The van der Waals surface area contributed by atoms with E-state index < -0.39 is 5.97 Å². The minimum Gasteiger partial charge on any atom is -0.508 e. The van der Waals surface area contributed by atoms with Crippen LogP contribution < -0.4 is 0 Å². The zero-order chi connectivity index (χ0) is 19.1. The van der Waals surface area contributed by atoms with Gasteiger partial charge in [-0.2, -0.15) is 0 Å². The Labute approximate surface area is 160 Å². The summed E-state index contributed by atoms with van der Waals surface area (Å²) in [5, 5.41) is 18.7. The molecule has 2 N–H and O–H groups in total. The molecule has 2 aromatic rings. The zero-order valence-electron chi connectivity index (χ0n) is 15.4. The number of aromatic nitrogens is 1. The molecule has 27 heavy (non-hydrogen) atoms. The van der Waals surface area contributed by atoms with E-state index >= 15 is 0 Å². The highest BCUT2D eigenvalue weighted by Gasteiger charge is 2.34. The molecule has 2 unspecified atom stereocenters. The highest BCUT2D eigenvalue weighted by Crippen LogP contribution is 2.41. The molecule has 5 nitrogen and oxygen atoms in total. The number of phenols is 1. The lowest BCUT2D eigenvalue weighted by atomic mass is 9.90. The lowest BCUT2D eigenvalue weighted by molar-refractivity contribution is -0.136. The van der Waals surface area contributed by atoms with Crippen molar-refractivity contribution in [3.8, 4) is 5.75 Å². The van der Waals surface area contributed by atoms with E-state index in [1.54, 1.807) is 12.3 Å². The Morgan fingerprint density at radius 2 is 2.15 bits per heavy atom. The van der Waals surface area contributed by atoms with Crippen LogP contribution in [0.1, 0.15) is 42.9 Å². The van der Waals surface area contributed by atoms with Gasteiger partial charge < -0.3 is 10.2 Å². The minimum atomic E-state index is -0.763. The second-order valence-corrected chi connectivity index (χ2v) is 7.06.